The lowest BCUT2D eigenvalue weighted by molar-refractivity contribution is 0.171. The highest BCUT2D eigenvalue weighted by molar-refractivity contribution is 14.0. The summed E-state index contributed by atoms with van der Waals surface area (Å²) in [6.45, 7) is 8.40. The van der Waals surface area contributed by atoms with Gasteiger partial charge in [0.1, 0.15) is 13.2 Å². The van der Waals surface area contributed by atoms with Crippen molar-refractivity contribution < 1.29 is 9.47 Å². The summed E-state index contributed by atoms with van der Waals surface area (Å²) >= 11 is 6.29. The molecule has 2 aliphatic heterocycles. The number of guanidine groups is 1. The summed E-state index contributed by atoms with van der Waals surface area (Å²) in [6, 6.07) is 3.90. The fourth-order valence-corrected chi connectivity index (χ4v) is 3.36. The van der Waals surface area contributed by atoms with Gasteiger partial charge in [0.15, 0.2) is 17.5 Å². The Kier molecular flexibility index (Phi) is 6.47. The molecule has 2 aliphatic rings. The zero-order valence-corrected chi connectivity index (χ0v) is 17.5. The van der Waals surface area contributed by atoms with Crippen LogP contribution in [-0.4, -0.2) is 44.2 Å². The van der Waals surface area contributed by atoms with Crippen LogP contribution in [0.1, 0.15) is 25.8 Å². The topological polar surface area (TPSA) is 46.1 Å². The number of nitrogens with zero attached hydrogens (tertiary/aromatic N) is 2. The van der Waals surface area contributed by atoms with E-state index in [0.29, 0.717) is 35.9 Å². The number of benzene rings is 1. The Balaban J connectivity index is 0.00000208. The first-order chi connectivity index (χ1) is 11.0. The van der Waals surface area contributed by atoms with Crippen molar-refractivity contribution in [3.05, 3.63) is 22.7 Å². The van der Waals surface area contributed by atoms with Crippen LogP contribution in [0.25, 0.3) is 0 Å². The Morgan fingerprint density at radius 3 is 2.75 bits per heavy atom. The molecule has 24 heavy (non-hydrogen) atoms. The van der Waals surface area contributed by atoms with Crippen LogP contribution in [0.4, 0.5) is 0 Å². The highest BCUT2D eigenvalue weighted by Gasteiger charge is 2.30. The van der Waals surface area contributed by atoms with Crippen molar-refractivity contribution >= 4 is 41.5 Å². The van der Waals surface area contributed by atoms with Gasteiger partial charge >= 0.3 is 0 Å². The molecule has 0 amide bonds. The summed E-state index contributed by atoms with van der Waals surface area (Å²) in [6.07, 6.45) is 1.18. The number of ether oxygens (including phenoxy) is 2. The summed E-state index contributed by atoms with van der Waals surface area (Å²) in [5.74, 6) is 2.30. The molecule has 0 bridgehead atoms. The fourth-order valence-electron chi connectivity index (χ4n) is 3.07. The van der Waals surface area contributed by atoms with Gasteiger partial charge in [0.05, 0.1) is 5.02 Å². The number of aliphatic imine (C=N–C) groups is 1. The Morgan fingerprint density at radius 2 is 2.08 bits per heavy atom. The van der Waals surface area contributed by atoms with Crippen molar-refractivity contribution in [2.24, 2.45) is 10.4 Å². The molecule has 0 aliphatic carbocycles. The maximum absolute atomic E-state index is 6.29. The van der Waals surface area contributed by atoms with Crippen LogP contribution < -0.4 is 14.8 Å². The smallest absolute Gasteiger partial charge is 0.193 e. The molecule has 0 spiro atoms. The molecule has 1 saturated heterocycles. The molecule has 5 nitrogen and oxygen atoms in total. The van der Waals surface area contributed by atoms with Crippen molar-refractivity contribution in [2.75, 3.05) is 33.4 Å². The average molecular weight is 466 g/mol. The number of nitrogens with one attached hydrogen (secondary N) is 1. The second kappa shape index (κ2) is 7.99. The van der Waals surface area contributed by atoms with Crippen LogP contribution in [0.15, 0.2) is 17.1 Å². The standard InChI is InChI=1S/C17H24ClN3O2.HI/c1-17(2)4-5-21(11-17)16(19-3)20-10-12-8-13(18)15-14(9-12)22-6-7-23-15;/h8-9H,4-7,10-11H2,1-3H3,(H,19,20);1H. The van der Waals surface area contributed by atoms with Gasteiger partial charge in [0, 0.05) is 26.7 Å². The van der Waals surface area contributed by atoms with Gasteiger partial charge in [-0.15, -0.1) is 24.0 Å². The van der Waals surface area contributed by atoms with Gasteiger partial charge in [0.2, 0.25) is 0 Å². The molecule has 0 radical (unpaired) electrons. The maximum atomic E-state index is 6.29. The van der Waals surface area contributed by atoms with Crippen LogP contribution in [0.5, 0.6) is 11.5 Å². The van der Waals surface area contributed by atoms with E-state index in [1.54, 1.807) is 0 Å². The zero-order chi connectivity index (χ0) is 16.4. The first-order valence-corrected chi connectivity index (χ1v) is 8.40. The average Bonchev–Trinajstić information content (AvgIpc) is 2.88. The third kappa shape index (κ3) is 4.39. The van der Waals surface area contributed by atoms with Gasteiger partial charge in [-0.05, 0) is 29.5 Å². The van der Waals surface area contributed by atoms with E-state index < -0.39 is 0 Å². The molecular weight excluding hydrogens is 441 g/mol. The third-order valence-electron chi connectivity index (χ3n) is 4.30. The highest BCUT2D eigenvalue weighted by Crippen LogP contribution is 2.38. The molecule has 2 heterocycles. The molecule has 1 aromatic carbocycles. The van der Waals surface area contributed by atoms with Crippen LogP contribution in [0.2, 0.25) is 5.02 Å². The van der Waals surface area contributed by atoms with Crippen molar-refractivity contribution in [1.29, 1.82) is 0 Å². The van der Waals surface area contributed by atoms with Crippen molar-refractivity contribution in [1.82, 2.24) is 10.2 Å². The predicted octanol–water partition coefficient (Wildman–Crippen LogP) is 3.54. The first kappa shape index (κ1) is 19.4. The van der Waals surface area contributed by atoms with E-state index in [1.807, 2.05) is 19.2 Å². The van der Waals surface area contributed by atoms with E-state index in [-0.39, 0.29) is 24.0 Å². The van der Waals surface area contributed by atoms with E-state index >= 15 is 0 Å². The Hall–Kier alpha value is -0.890. The zero-order valence-electron chi connectivity index (χ0n) is 14.4. The molecule has 7 heteroatoms. The monoisotopic (exact) mass is 465 g/mol. The van der Waals surface area contributed by atoms with Crippen LogP contribution in [0, 0.1) is 5.41 Å². The number of rotatable bonds is 2. The second-order valence-electron chi connectivity index (χ2n) is 6.84. The Morgan fingerprint density at radius 1 is 1.33 bits per heavy atom. The van der Waals surface area contributed by atoms with Gasteiger partial charge in [-0.25, -0.2) is 0 Å². The minimum atomic E-state index is 0. The highest BCUT2D eigenvalue weighted by atomic mass is 127. The minimum Gasteiger partial charge on any atom is -0.486 e. The summed E-state index contributed by atoms with van der Waals surface area (Å²) in [5.41, 5.74) is 1.40. The number of fused-ring (bicyclic) bond motifs is 1. The van der Waals surface area contributed by atoms with Gasteiger partial charge in [-0.1, -0.05) is 25.4 Å². The first-order valence-electron chi connectivity index (χ1n) is 8.02. The number of hydrogen-bond acceptors (Lipinski definition) is 3. The Bertz CT molecular complexity index is 622. The largest absolute Gasteiger partial charge is 0.486 e. The lowest BCUT2D eigenvalue weighted by Crippen LogP contribution is -2.40. The lowest BCUT2D eigenvalue weighted by atomic mass is 9.93. The molecule has 0 atom stereocenters. The van der Waals surface area contributed by atoms with Crippen molar-refractivity contribution in [3.63, 3.8) is 0 Å². The minimum absolute atomic E-state index is 0. The molecular formula is C17H25ClIN3O2. The van der Waals surface area contributed by atoms with E-state index in [9.17, 15) is 0 Å². The normalized spacial score (nSPS) is 19.0. The molecule has 1 N–H and O–H groups in total. The SMILES string of the molecule is CN=C(NCc1cc(Cl)c2c(c1)OCCO2)N1CCC(C)(C)C1.I. The third-order valence-corrected chi connectivity index (χ3v) is 4.58. The van der Waals surface area contributed by atoms with Gasteiger partial charge in [-0.3, -0.25) is 4.99 Å². The quantitative estimate of drug-likeness (QED) is 0.412. The molecule has 134 valence electrons. The predicted molar refractivity (Wildman–Crippen MR) is 108 cm³/mol. The molecule has 1 aromatic rings. The van der Waals surface area contributed by atoms with Crippen LogP contribution in [0.3, 0.4) is 0 Å². The summed E-state index contributed by atoms with van der Waals surface area (Å²) in [4.78, 5) is 6.71. The van der Waals surface area contributed by atoms with Crippen molar-refractivity contribution in [3.8, 4) is 11.5 Å². The molecule has 1 fully saturated rings. The maximum Gasteiger partial charge on any atom is 0.193 e. The van der Waals surface area contributed by atoms with Gasteiger partial charge in [-0.2, -0.15) is 0 Å². The molecule has 0 unspecified atom stereocenters. The van der Waals surface area contributed by atoms with E-state index in [0.717, 1.165) is 30.4 Å². The summed E-state index contributed by atoms with van der Waals surface area (Å²) in [7, 11) is 1.82. The number of halogens is 2. The van der Waals surface area contributed by atoms with E-state index in [2.05, 4.69) is 29.1 Å². The summed E-state index contributed by atoms with van der Waals surface area (Å²) < 4.78 is 11.2. The lowest BCUT2D eigenvalue weighted by Gasteiger charge is -2.24. The van der Waals surface area contributed by atoms with Crippen LogP contribution in [-0.2, 0) is 6.54 Å². The van der Waals surface area contributed by atoms with Gasteiger partial charge in [0.25, 0.3) is 0 Å². The molecule has 3 rings (SSSR count). The Labute approximate surface area is 165 Å². The second-order valence-corrected chi connectivity index (χ2v) is 7.25. The fraction of sp³-hybridized carbons (Fsp3) is 0.588. The van der Waals surface area contributed by atoms with E-state index in [4.69, 9.17) is 21.1 Å². The van der Waals surface area contributed by atoms with E-state index in [1.165, 1.54) is 6.42 Å². The number of likely N-dealkylation sites (tertiary alicyclic amines) is 1. The molecule has 0 saturated carbocycles. The van der Waals surface area contributed by atoms with Crippen molar-refractivity contribution in [2.45, 2.75) is 26.8 Å². The van der Waals surface area contributed by atoms with Gasteiger partial charge < -0.3 is 19.7 Å². The molecule has 0 aromatic heterocycles. The van der Waals surface area contributed by atoms with Crippen LogP contribution >= 0.6 is 35.6 Å². The number of hydrogen-bond donors (Lipinski definition) is 1. The summed E-state index contributed by atoms with van der Waals surface area (Å²) in [5, 5.41) is 4.01.